The van der Waals surface area contributed by atoms with Gasteiger partial charge in [-0.2, -0.15) is 0 Å². The predicted molar refractivity (Wildman–Crippen MR) is 82.8 cm³/mol. The van der Waals surface area contributed by atoms with Gasteiger partial charge in [0.25, 0.3) is 5.91 Å². The van der Waals surface area contributed by atoms with Gasteiger partial charge < -0.3 is 20.5 Å². The Balaban J connectivity index is 2.00. The first-order valence-electron chi connectivity index (χ1n) is 7.23. The van der Waals surface area contributed by atoms with E-state index in [1.807, 2.05) is 0 Å². The monoisotopic (exact) mass is 335 g/mol. The average molecular weight is 335 g/mol. The zero-order valence-corrected chi connectivity index (χ0v) is 12.9. The van der Waals surface area contributed by atoms with Crippen LogP contribution < -0.4 is 15.5 Å². The van der Waals surface area contributed by atoms with Crippen LogP contribution in [0.15, 0.2) is 24.3 Å². The van der Waals surface area contributed by atoms with Crippen LogP contribution in [0.3, 0.4) is 0 Å². The lowest BCUT2D eigenvalue weighted by Gasteiger charge is -2.13. The fraction of sp³-hybridized carbons (Fsp3) is 0.333. The number of alkyl carbamates (subject to hydrolysis) is 1. The summed E-state index contributed by atoms with van der Waals surface area (Å²) in [6, 6.07) is 4.28. The molecule has 0 spiro atoms. The molecular weight excluding hydrogens is 318 g/mol. The summed E-state index contributed by atoms with van der Waals surface area (Å²) in [5.41, 5.74) is 0.186. The zero-order chi connectivity index (χ0) is 17.7. The third-order valence-electron chi connectivity index (χ3n) is 3.49. The number of amides is 4. The molecule has 2 rings (SSSR count). The minimum atomic E-state index is -1.14. The molecule has 0 bridgehead atoms. The van der Waals surface area contributed by atoms with Gasteiger partial charge in [-0.1, -0.05) is 6.07 Å². The summed E-state index contributed by atoms with van der Waals surface area (Å²) in [6.45, 7) is 0.306. The van der Waals surface area contributed by atoms with Crippen LogP contribution in [0.2, 0.25) is 0 Å². The van der Waals surface area contributed by atoms with E-state index in [0.717, 1.165) is 4.90 Å². The highest BCUT2D eigenvalue weighted by atomic mass is 16.5. The van der Waals surface area contributed by atoms with Crippen LogP contribution in [0.5, 0.6) is 0 Å². The highest BCUT2D eigenvalue weighted by molar-refractivity contribution is 6.21. The second kappa shape index (κ2) is 7.44. The Morgan fingerprint density at radius 3 is 2.79 bits per heavy atom. The van der Waals surface area contributed by atoms with Crippen LogP contribution in [0.25, 0.3) is 0 Å². The molecule has 1 fully saturated rings. The van der Waals surface area contributed by atoms with Crippen molar-refractivity contribution in [2.24, 2.45) is 0 Å². The van der Waals surface area contributed by atoms with Crippen molar-refractivity contribution in [1.82, 2.24) is 10.6 Å². The Hall–Kier alpha value is -3.10. The number of rotatable bonds is 6. The highest BCUT2D eigenvalue weighted by Gasteiger charge is 2.38. The molecular formula is C15H17N3O6. The summed E-state index contributed by atoms with van der Waals surface area (Å²) in [4.78, 5) is 47.2. The molecule has 9 nitrogen and oxygen atoms in total. The minimum Gasteiger partial charge on any atom is -0.478 e. The Kier molecular flexibility index (Phi) is 5.35. The number of ether oxygens (including phenoxy) is 1. The summed E-state index contributed by atoms with van der Waals surface area (Å²) in [7, 11) is 1.25. The largest absolute Gasteiger partial charge is 0.478 e. The number of anilines is 1. The van der Waals surface area contributed by atoms with Crippen LogP contribution in [0, 0.1) is 0 Å². The molecule has 0 radical (unpaired) electrons. The molecule has 0 unspecified atom stereocenters. The lowest BCUT2D eigenvalue weighted by atomic mass is 10.1. The molecule has 0 aromatic heterocycles. The second-order valence-corrected chi connectivity index (χ2v) is 5.09. The number of urea groups is 1. The number of carboxylic acid groups (broad SMARTS) is 1. The van der Waals surface area contributed by atoms with Crippen LogP contribution in [-0.4, -0.2) is 48.8 Å². The molecule has 1 saturated heterocycles. The van der Waals surface area contributed by atoms with E-state index in [-0.39, 0.29) is 11.3 Å². The van der Waals surface area contributed by atoms with E-state index in [9.17, 15) is 19.2 Å². The first-order chi connectivity index (χ1) is 11.4. The Morgan fingerprint density at radius 1 is 1.38 bits per heavy atom. The fourth-order valence-corrected chi connectivity index (χ4v) is 2.32. The number of aromatic carboxylic acids is 1. The van der Waals surface area contributed by atoms with Crippen molar-refractivity contribution < 1.29 is 29.0 Å². The molecule has 3 N–H and O–H groups in total. The topological polar surface area (TPSA) is 125 Å². The van der Waals surface area contributed by atoms with Crippen LogP contribution in [0.4, 0.5) is 15.3 Å². The lowest BCUT2D eigenvalue weighted by Crippen LogP contribution is -2.32. The van der Waals surface area contributed by atoms with Crippen molar-refractivity contribution in [3.63, 3.8) is 0 Å². The summed E-state index contributed by atoms with van der Waals surface area (Å²) in [6.07, 6.45) is 0.238. The normalized spacial score (nSPS) is 16.7. The maximum Gasteiger partial charge on any atom is 0.406 e. The van der Waals surface area contributed by atoms with Crippen molar-refractivity contribution in [1.29, 1.82) is 0 Å². The summed E-state index contributed by atoms with van der Waals surface area (Å²) >= 11 is 0. The van der Waals surface area contributed by atoms with Crippen molar-refractivity contribution >= 4 is 29.7 Å². The average Bonchev–Trinajstić information content (AvgIpc) is 2.85. The number of nitrogens with zero attached hydrogens (tertiary/aromatic N) is 1. The quantitative estimate of drug-likeness (QED) is 0.525. The van der Waals surface area contributed by atoms with Crippen molar-refractivity contribution in [2.75, 3.05) is 18.6 Å². The smallest absolute Gasteiger partial charge is 0.406 e. The minimum absolute atomic E-state index is 0.0150. The van der Waals surface area contributed by atoms with Gasteiger partial charge in [0.05, 0.1) is 18.4 Å². The molecule has 9 heteroatoms. The number of imide groups is 1. The van der Waals surface area contributed by atoms with Gasteiger partial charge in [-0.3, -0.25) is 4.79 Å². The number of carbonyl (C=O) groups is 4. The van der Waals surface area contributed by atoms with Crippen LogP contribution >= 0.6 is 0 Å². The maximum atomic E-state index is 12.4. The third kappa shape index (κ3) is 3.80. The number of carboxylic acids is 1. The SMILES string of the molecule is COC(=O)NCCC[C@@H]1NC(=O)N(c2cccc(C(=O)O)c2)C1=O. The Morgan fingerprint density at radius 2 is 2.12 bits per heavy atom. The summed E-state index contributed by atoms with van der Waals surface area (Å²) in [5, 5.41) is 14.0. The first-order valence-corrected chi connectivity index (χ1v) is 7.23. The molecule has 1 aromatic rings. The van der Waals surface area contributed by atoms with E-state index in [4.69, 9.17) is 5.11 Å². The molecule has 1 aliphatic rings. The van der Waals surface area contributed by atoms with Crippen LogP contribution in [0.1, 0.15) is 23.2 Å². The van der Waals surface area contributed by atoms with Gasteiger partial charge in [0.1, 0.15) is 6.04 Å². The lowest BCUT2D eigenvalue weighted by molar-refractivity contribution is -0.118. The van der Waals surface area contributed by atoms with Crippen LogP contribution in [-0.2, 0) is 9.53 Å². The number of hydrogen-bond acceptors (Lipinski definition) is 5. The number of nitrogens with one attached hydrogen (secondary N) is 2. The fourth-order valence-electron chi connectivity index (χ4n) is 2.32. The predicted octanol–water partition coefficient (Wildman–Crippen LogP) is 0.946. The molecule has 0 aliphatic carbocycles. The number of benzene rings is 1. The van der Waals surface area contributed by atoms with E-state index >= 15 is 0 Å². The van der Waals surface area contributed by atoms with Gasteiger partial charge in [0.15, 0.2) is 0 Å². The van der Waals surface area contributed by atoms with Crippen molar-refractivity contribution in [2.45, 2.75) is 18.9 Å². The molecule has 0 saturated carbocycles. The summed E-state index contributed by atoms with van der Waals surface area (Å²) in [5.74, 6) is -1.60. The standard InChI is InChI=1S/C15H17N3O6/c1-24-15(23)16-7-3-6-11-12(19)18(14(22)17-11)10-5-2-4-9(8-10)13(20)21/h2,4-5,8,11H,3,6-7H2,1H3,(H,16,23)(H,17,22)(H,20,21)/t11-/m0/s1. The van der Waals surface area contributed by atoms with E-state index in [0.29, 0.717) is 19.4 Å². The van der Waals surface area contributed by atoms with Crippen molar-refractivity contribution in [3.8, 4) is 0 Å². The van der Waals surface area contributed by atoms with Gasteiger partial charge >= 0.3 is 18.1 Å². The number of carbonyl (C=O) groups excluding carboxylic acids is 3. The van der Waals surface area contributed by atoms with E-state index in [2.05, 4.69) is 15.4 Å². The molecule has 1 aliphatic heterocycles. The third-order valence-corrected chi connectivity index (χ3v) is 3.49. The zero-order valence-electron chi connectivity index (χ0n) is 12.9. The summed E-state index contributed by atoms with van der Waals surface area (Å²) < 4.78 is 4.42. The van der Waals surface area contributed by atoms with Gasteiger partial charge in [0, 0.05) is 6.54 Å². The van der Waals surface area contributed by atoms with E-state index in [1.54, 1.807) is 0 Å². The first kappa shape index (κ1) is 17.3. The van der Waals surface area contributed by atoms with Gasteiger partial charge in [-0.05, 0) is 31.0 Å². The van der Waals surface area contributed by atoms with Gasteiger partial charge in [-0.25, -0.2) is 19.3 Å². The molecule has 1 heterocycles. The van der Waals surface area contributed by atoms with E-state index < -0.39 is 30.0 Å². The molecule has 1 atom stereocenters. The molecule has 1 aromatic carbocycles. The van der Waals surface area contributed by atoms with E-state index in [1.165, 1.54) is 31.4 Å². The number of hydrogen-bond donors (Lipinski definition) is 3. The molecule has 4 amide bonds. The second-order valence-electron chi connectivity index (χ2n) is 5.09. The van der Waals surface area contributed by atoms with Crippen molar-refractivity contribution in [3.05, 3.63) is 29.8 Å². The number of methoxy groups -OCH3 is 1. The maximum absolute atomic E-state index is 12.4. The molecule has 128 valence electrons. The highest BCUT2D eigenvalue weighted by Crippen LogP contribution is 2.22. The van der Waals surface area contributed by atoms with Gasteiger partial charge in [0.2, 0.25) is 0 Å². The van der Waals surface area contributed by atoms with Gasteiger partial charge in [-0.15, -0.1) is 0 Å². The Bertz CT molecular complexity index is 675. The molecule has 24 heavy (non-hydrogen) atoms. The Labute approximate surface area is 137 Å².